The third kappa shape index (κ3) is 2.10. The van der Waals surface area contributed by atoms with Crippen molar-refractivity contribution in [2.45, 2.75) is 37.0 Å². The zero-order valence-electron chi connectivity index (χ0n) is 12.9. The van der Waals surface area contributed by atoms with Crippen molar-refractivity contribution in [1.82, 2.24) is 4.90 Å². The first kappa shape index (κ1) is 15.8. The molecule has 0 radical (unpaired) electrons. The van der Waals surface area contributed by atoms with E-state index in [9.17, 15) is 5.11 Å². The fourth-order valence-corrected chi connectivity index (χ4v) is 4.08. The third-order valence-electron chi connectivity index (χ3n) is 5.15. The van der Waals surface area contributed by atoms with Crippen LogP contribution < -0.4 is 9.47 Å². The lowest BCUT2D eigenvalue weighted by Crippen LogP contribution is -2.42. The summed E-state index contributed by atoms with van der Waals surface area (Å²) in [5, 5.41) is 9.97. The summed E-state index contributed by atoms with van der Waals surface area (Å²) in [5.41, 5.74) is 2.48. The highest BCUT2D eigenvalue weighted by Crippen LogP contribution is 2.55. The van der Waals surface area contributed by atoms with Crippen LogP contribution in [0.25, 0.3) is 0 Å². The van der Waals surface area contributed by atoms with Crippen molar-refractivity contribution >= 4 is 17.0 Å². The van der Waals surface area contributed by atoms with Crippen LogP contribution in [0.1, 0.15) is 24.0 Å². The molecule has 1 N–H and O–H groups in total. The van der Waals surface area contributed by atoms with Gasteiger partial charge in [0.25, 0.3) is 0 Å². The number of nitrogens with zero attached hydrogens (tertiary/aromatic N) is 1. The second kappa shape index (κ2) is 5.55. The van der Waals surface area contributed by atoms with Gasteiger partial charge in [-0.1, -0.05) is 18.2 Å². The Morgan fingerprint density at radius 1 is 1.41 bits per heavy atom. The van der Waals surface area contributed by atoms with E-state index in [1.165, 1.54) is 11.1 Å². The van der Waals surface area contributed by atoms with E-state index in [0.717, 1.165) is 31.0 Å². The number of rotatable bonds is 1. The maximum absolute atomic E-state index is 9.97. The Bertz CT molecular complexity index is 618. The topological polar surface area (TPSA) is 41.9 Å². The molecule has 0 saturated heterocycles. The summed E-state index contributed by atoms with van der Waals surface area (Å²) < 4.78 is 11.8. The molecule has 4 rings (SSSR count). The Morgan fingerprint density at radius 3 is 3.00 bits per heavy atom. The molecule has 1 aromatic rings. The monoisotopic (exact) mass is 367 g/mol. The Kier molecular flexibility index (Phi) is 4.00. The van der Waals surface area contributed by atoms with E-state index in [-0.39, 0.29) is 28.5 Å². The summed E-state index contributed by atoms with van der Waals surface area (Å²) in [4.78, 5) is 2.35. The number of benzene rings is 1. The van der Waals surface area contributed by atoms with Crippen molar-refractivity contribution < 1.29 is 14.6 Å². The highest BCUT2D eigenvalue weighted by atomic mass is 79.9. The summed E-state index contributed by atoms with van der Waals surface area (Å²) in [6.45, 7) is 1.96. The molecule has 1 spiro atoms. The van der Waals surface area contributed by atoms with E-state index in [1.54, 1.807) is 7.11 Å². The van der Waals surface area contributed by atoms with Crippen molar-refractivity contribution in [2.24, 2.45) is 0 Å². The first-order valence-electron chi connectivity index (χ1n) is 7.57. The lowest BCUT2D eigenvalue weighted by molar-refractivity contribution is 0.0821. The van der Waals surface area contributed by atoms with Gasteiger partial charge in [-0.15, -0.1) is 17.0 Å². The molecule has 2 unspecified atom stereocenters. The van der Waals surface area contributed by atoms with Crippen LogP contribution in [0.5, 0.6) is 11.5 Å². The highest BCUT2D eigenvalue weighted by Gasteiger charge is 2.52. The number of ether oxygens (including phenoxy) is 2. The largest absolute Gasteiger partial charge is 0.493 e. The summed E-state index contributed by atoms with van der Waals surface area (Å²) >= 11 is 0. The minimum atomic E-state index is -0.412. The molecule has 0 saturated carbocycles. The number of aliphatic hydroxyl groups is 1. The summed E-state index contributed by atoms with van der Waals surface area (Å²) in [6.07, 6.45) is 5.38. The minimum Gasteiger partial charge on any atom is -0.493 e. The number of methoxy groups -OCH3 is 1. The standard InChI is InChI=1S/C17H21NO3.BrH/c1-18-8-7-17-6-5-12(19)9-14(17)21-16-13(20-2)4-3-11(10-18)15(16)17;/h3-6,12,14,19H,7-10H2,1-2H3;1H/t12?,14?,17-;/m1./s1. The Hall–Kier alpha value is -1.04. The zero-order chi connectivity index (χ0) is 14.6. The second-order valence-corrected chi connectivity index (χ2v) is 6.43. The van der Waals surface area contributed by atoms with Gasteiger partial charge in [-0.05, 0) is 31.6 Å². The summed E-state index contributed by atoms with van der Waals surface area (Å²) in [5.74, 6) is 1.68. The highest BCUT2D eigenvalue weighted by molar-refractivity contribution is 8.93. The van der Waals surface area contributed by atoms with E-state index < -0.39 is 6.10 Å². The van der Waals surface area contributed by atoms with Gasteiger partial charge in [-0.2, -0.15) is 0 Å². The van der Waals surface area contributed by atoms with Crippen LogP contribution in [0, 0.1) is 0 Å². The molecule has 0 amide bonds. The molecule has 1 aliphatic carbocycles. The van der Waals surface area contributed by atoms with Crippen LogP contribution in [0.2, 0.25) is 0 Å². The smallest absolute Gasteiger partial charge is 0.166 e. The molecule has 5 heteroatoms. The van der Waals surface area contributed by atoms with E-state index >= 15 is 0 Å². The van der Waals surface area contributed by atoms with E-state index in [2.05, 4.69) is 24.1 Å². The van der Waals surface area contributed by atoms with Crippen molar-refractivity contribution in [2.75, 3.05) is 20.7 Å². The summed E-state index contributed by atoms with van der Waals surface area (Å²) in [6, 6.07) is 4.16. The molecular weight excluding hydrogens is 346 g/mol. The fourth-order valence-electron chi connectivity index (χ4n) is 4.08. The van der Waals surface area contributed by atoms with Gasteiger partial charge in [0.1, 0.15) is 6.10 Å². The molecule has 0 aromatic heterocycles. The van der Waals surface area contributed by atoms with Gasteiger partial charge in [-0.25, -0.2) is 0 Å². The predicted molar refractivity (Wildman–Crippen MR) is 90.1 cm³/mol. The van der Waals surface area contributed by atoms with Crippen LogP contribution in [0.3, 0.4) is 0 Å². The van der Waals surface area contributed by atoms with Crippen molar-refractivity contribution in [1.29, 1.82) is 0 Å². The summed E-state index contributed by atoms with van der Waals surface area (Å²) in [7, 11) is 3.84. The minimum absolute atomic E-state index is 0. The number of hydrogen-bond donors (Lipinski definition) is 1. The molecule has 2 heterocycles. The van der Waals surface area contributed by atoms with Gasteiger partial charge in [-0.3, -0.25) is 0 Å². The Morgan fingerprint density at radius 2 is 2.23 bits per heavy atom. The zero-order valence-corrected chi connectivity index (χ0v) is 14.6. The predicted octanol–water partition coefficient (Wildman–Crippen LogP) is 2.43. The normalized spacial score (nSPS) is 32.3. The Labute approximate surface area is 141 Å². The molecule has 3 atom stereocenters. The number of aliphatic hydroxyl groups excluding tert-OH is 1. The van der Waals surface area contributed by atoms with E-state index in [0.29, 0.717) is 6.42 Å². The average molecular weight is 368 g/mol. The van der Waals surface area contributed by atoms with Crippen LogP contribution in [0.4, 0.5) is 0 Å². The SMILES string of the molecule is Br.COc1ccc2c3c1OC1CC(O)C=C[C@]31CCN(C)C2. The molecule has 4 nitrogen and oxygen atoms in total. The maximum atomic E-state index is 9.97. The first-order valence-corrected chi connectivity index (χ1v) is 7.57. The molecule has 120 valence electrons. The van der Waals surface area contributed by atoms with Crippen LogP contribution in [0.15, 0.2) is 24.3 Å². The van der Waals surface area contributed by atoms with Gasteiger partial charge in [0.05, 0.1) is 18.6 Å². The Balaban J connectivity index is 0.00000144. The van der Waals surface area contributed by atoms with Gasteiger partial charge in [0, 0.05) is 18.5 Å². The molecular formula is C17H22BrNO3. The molecule has 22 heavy (non-hydrogen) atoms. The van der Waals surface area contributed by atoms with Crippen molar-refractivity contribution in [3.8, 4) is 11.5 Å². The van der Waals surface area contributed by atoms with Crippen LogP contribution in [-0.4, -0.2) is 42.9 Å². The second-order valence-electron chi connectivity index (χ2n) is 6.43. The van der Waals surface area contributed by atoms with Gasteiger partial charge in [0.2, 0.25) is 0 Å². The molecule has 1 aromatic carbocycles. The molecule has 2 aliphatic heterocycles. The molecule has 0 fully saturated rings. The quantitative estimate of drug-likeness (QED) is 0.774. The van der Waals surface area contributed by atoms with Gasteiger partial charge < -0.3 is 19.5 Å². The fraction of sp³-hybridized carbons (Fsp3) is 0.529. The molecule has 0 bridgehead atoms. The average Bonchev–Trinajstić information content (AvgIpc) is 2.72. The van der Waals surface area contributed by atoms with Gasteiger partial charge >= 0.3 is 0 Å². The number of hydrogen-bond acceptors (Lipinski definition) is 4. The van der Waals surface area contributed by atoms with Crippen molar-refractivity contribution in [3.05, 3.63) is 35.4 Å². The van der Waals surface area contributed by atoms with Crippen LogP contribution >= 0.6 is 17.0 Å². The van der Waals surface area contributed by atoms with Crippen molar-refractivity contribution in [3.63, 3.8) is 0 Å². The first-order chi connectivity index (χ1) is 10.1. The number of halogens is 1. The van der Waals surface area contributed by atoms with E-state index in [1.807, 2.05) is 12.1 Å². The lowest BCUT2D eigenvalue weighted by Gasteiger charge is -2.35. The maximum Gasteiger partial charge on any atom is 0.166 e. The van der Waals surface area contributed by atoms with E-state index in [4.69, 9.17) is 9.47 Å². The van der Waals surface area contributed by atoms with Gasteiger partial charge in [0.15, 0.2) is 11.5 Å². The molecule has 3 aliphatic rings. The lowest BCUT2D eigenvalue weighted by atomic mass is 9.69. The third-order valence-corrected chi connectivity index (χ3v) is 5.15. The van der Waals surface area contributed by atoms with Crippen LogP contribution in [-0.2, 0) is 12.0 Å².